The SMILES string of the molecule is Cc1cc(C)nc(N2CC3CNC(C(=O)c4c(F)cccc4-n4nccn4)C3C2)n1. The van der Waals surface area contributed by atoms with Crippen molar-refractivity contribution >= 4 is 11.7 Å². The van der Waals surface area contributed by atoms with Crippen molar-refractivity contribution in [2.45, 2.75) is 19.9 Å². The van der Waals surface area contributed by atoms with Gasteiger partial charge in [-0.2, -0.15) is 15.0 Å². The van der Waals surface area contributed by atoms with Crippen LogP contribution in [0.4, 0.5) is 10.3 Å². The lowest BCUT2D eigenvalue weighted by molar-refractivity contribution is 0.0926. The van der Waals surface area contributed by atoms with Crippen LogP contribution >= 0.6 is 0 Å². The molecule has 2 aliphatic rings. The van der Waals surface area contributed by atoms with Gasteiger partial charge in [0.15, 0.2) is 5.78 Å². The molecule has 1 aromatic carbocycles. The Morgan fingerprint density at radius 3 is 2.60 bits per heavy atom. The summed E-state index contributed by atoms with van der Waals surface area (Å²) in [6, 6.07) is 5.99. The van der Waals surface area contributed by atoms with E-state index in [4.69, 9.17) is 0 Å². The first kappa shape index (κ1) is 18.8. The van der Waals surface area contributed by atoms with Gasteiger partial charge in [-0.3, -0.25) is 4.79 Å². The summed E-state index contributed by atoms with van der Waals surface area (Å²) >= 11 is 0. The third-order valence-corrected chi connectivity index (χ3v) is 5.93. The summed E-state index contributed by atoms with van der Waals surface area (Å²) in [6.07, 6.45) is 3.00. The number of aromatic nitrogens is 5. The topological polar surface area (TPSA) is 88.8 Å². The van der Waals surface area contributed by atoms with Crippen LogP contribution in [-0.2, 0) is 0 Å². The Morgan fingerprint density at radius 1 is 1.13 bits per heavy atom. The van der Waals surface area contributed by atoms with Crippen molar-refractivity contribution < 1.29 is 9.18 Å². The van der Waals surface area contributed by atoms with Crippen molar-refractivity contribution in [3.63, 3.8) is 0 Å². The number of carbonyl (C=O) groups excluding carboxylic acids is 1. The maximum atomic E-state index is 14.8. The van der Waals surface area contributed by atoms with Crippen molar-refractivity contribution in [1.82, 2.24) is 30.3 Å². The number of benzene rings is 1. The molecule has 3 aromatic rings. The van der Waals surface area contributed by atoms with Crippen LogP contribution in [0.25, 0.3) is 5.69 Å². The number of anilines is 1. The molecule has 4 heterocycles. The van der Waals surface area contributed by atoms with E-state index in [9.17, 15) is 9.18 Å². The lowest BCUT2D eigenvalue weighted by Gasteiger charge is -2.21. The highest BCUT2D eigenvalue weighted by atomic mass is 19.1. The van der Waals surface area contributed by atoms with Gasteiger partial charge >= 0.3 is 0 Å². The highest BCUT2D eigenvalue weighted by Crippen LogP contribution is 2.35. The molecule has 2 saturated heterocycles. The number of Topliss-reactive ketones (excluding diaryl/α,β-unsaturated/α-hetero) is 1. The number of hydrogen-bond donors (Lipinski definition) is 1. The van der Waals surface area contributed by atoms with E-state index >= 15 is 0 Å². The van der Waals surface area contributed by atoms with Crippen LogP contribution in [0.1, 0.15) is 21.7 Å². The molecule has 0 bridgehead atoms. The Bertz CT molecular complexity index is 1080. The van der Waals surface area contributed by atoms with Crippen molar-refractivity contribution in [1.29, 1.82) is 0 Å². The summed E-state index contributed by atoms with van der Waals surface area (Å²) in [5.74, 6) is 0.199. The van der Waals surface area contributed by atoms with Gasteiger partial charge in [-0.25, -0.2) is 14.4 Å². The molecule has 0 saturated carbocycles. The van der Waals surface area contributed by atoms with Crippen LogP contribution < -0.4 is 10.2 Å². The highest BCUT2D eigenvalue weighted by Gasteiger charge is 2.47. The molecule has 3 atom stereocenters. The molecule has 2 fully saturated rings. The van der Waals surface area contributed by atoms with E-state index in [1.165, 1.54) is 23.3 Å². The summed E-state index contributed by atoms with van der Waals surface area (Å²) in [4.78, 5) is 26.0. The summed E-state index contributed by atoms with van der Waals surface area (Å²) in [7, 11) is 0. The Labute approximate surface area is 173 Å². The second kappa shape index (κ2) is 7.24. The van der Waals surface area contributed by atoms with Crippen LogP contribution in [0.15, 0.2) is 36.7 Å². The van der Waals surface area contributed by atoms with Crippen LogP contribution in [0, 0.1) is 31.5 Å². The number of hydrogen-bond acceptors (Lipinski definition) is 7. The van der Waals surface area contributed by atoms with Gasteiger partial charge < -0.3 is 10.2 Å². The molecule has 1 N–H and O–H groups in total. The molecule has 5 rings (SSSR count). The Morgan fingerprint density at radius 2 is 1.87 bits per heavy atom. The summed E-state index contributed by atoms with van der Waals surface area (Å²) in [6.45, 7) is 6.03. The molecule has 0 aliphatic carbocycles. The van der Waals surface area contributed by atoms with Crippen LogP contribution in [0.5, 0.6) is 0 Å². The maximum Gasteiger partial charge on any atom is 0.225 e. The molecular weight excluding hydrogens is 385 g/mol. The predicted molar refractivity (Wildman–Crippen MR) is 108 cm³/mol. The molecule has 2 aliphatic heterocycles. The summed E-state index contributed by atoms with van der Waals surface area (Å²) in [5.41, 5.74) is 2.21. The van der Waals surface area contributed by atoms with Gasteiger partial charge in [-0.05, 0) is 38.0 Å². The molecule has 3 unspecified atom stereocenters. The first-order valence-electron chi connectivity index (χ1n) is 10.0. The first-order valence-corrected chi connectivity index (χ1v) is 10.0. The normalized spacial score (nSPS) is 23.0. The number of halogens is 1. The minimum atomic E-state index is -0.562. The quantitative estimate of drug-likeness (QED) is 0.659. The van der Waals surface area contributed by atoms with E-state index in [0.29, 0.717) is 24.7 Å². The second-order valence-electron chi connectivity index (χ2n) is 7.98. The molecule has 0 amide bonds. The van der Waals surface area contributed by atoms with Crippen molar-refractivity contribution in [3.8, 4) is 5.69 Å². The number of fused-ring (bicyclic) bond motifs is 1. The lowest BCUT2D eigenvalue weighted by atomic mass is 9.89. The number of ketones is 1. The Kier molecular flexibility index (Phi) is 4.54. The fourth-order valence-electron chi connectivity index (χ4n) is 4.64. The lowest BCUT2D eigenvalue weighted by Crippen LogP contribution is -2.40. The van der Waals surface area contributed by atoms with Crippen molar-refractivity contribution in [3.05, 3.63) is 59.4 Å². The number of aryl methyl sites for hydroxylation is 2. The van der Waals surface area contributed by atoms with E-state index in [-0.39, 0.29) is 23.2 Å². The molecule has 0 radical (unpaired) electrons. The largest absolute Gasteiger partial charge is 0.340 e. The van der Waals surface area contributed by atoms with Gasteiger partial charge in [-0.15, -0.1) is 0 Å². The van der Waals surface area contributed by atoms with Gasteiger partial charge in [0.1, 0.15) is 5.82 Å². The van der Waals surface area contributed by atoms with E-state index in [2.05, 4.69) is 30.4 Å². The van der Waals surface area contributed by atoms with E-state index in [0.717, 1.165) is 17.9 Å². The molecule has 8 nitrogen and oxygen atoms in total. The van der Waals surface area contributed by atoms with Crippen LogP contribution in [-0.4, -0.2) is 56.4 Å². The third kappa shape index (κ3) is 3.15. The maximum absolute atomic E-state index is 14.8. The van der Waals surface area contributed by atoms with Gasteiger partial charge in [0, 0.05) is 36.9 Å². The molecule has 9 heteroatoms. The van der Waals surface area contributed by atoms with Gasteiger partial charge in [0.25, 0.3) is 0 Å². The number of nitrogens with zero attached hydrogens (tertiary/aromatic N) is 6. The molecule has 154 valence electrons. The van der Waals surface area contributed by atoms with Crippen LogP contribution in [0.2, 0.25) is 0 Å². The summed E-state index contributed by atoms with van der Waals surface area (Å²) < 4.78 is 14.8. The molecule has 30 heavy (non-hydrogen) atoms. The molecule has 2 aromatic heterocycles. The standard InChI is InChI=1S/C21H22FN7O/c1-12-8-13(2)27-21(26-12)28-10-14-9-23-19(15(14)11-28)20(30)18-16(22)4-3-5-17(18)29-24-6-7-25-29/h3-8,14-15,19,23H,9-11H2,1-2H3. The Balaban J connectivity index is 1.44. The zero-order valence-electron chi connectivity index (χ0n) is 16.8. The zero-order chi connectivity index (χ0) is 20.8. The average molecular weight is 407 g/mol. The smallest absolute Gasteiger partial charge is 0.225 e. The fraction of sp³-hybridized carbons (Fsp3) is 0.381. The van der Waals surface area contributed by atoms with E-state index in [1.807, 2.05) is 19.9 Å². The summed E-state index contributed by atoms with van der Waals surface area (Å²) in [5, 5.41) is 11.5. The molecular formula is C21H22FN7O. The van der Waals surface area contributed by atoms with Gasteiger partial charge in [0.05, 0.1) is 29.7 Å². The molecule has 0 spiro atoms. The van der Waals surface area contributed by atoms with Crippen molar-refractivity contribution in [2.75, 3.05) is 24.5 Å². The second-order valence-corrected chi connectivity index (χ2v) is 7.98. The first-order chi connectivity index (χ1) is 14.5. The average Bonchev–Trinajstić information content (AvgIpc) is 3.43. The minimum absolute atomic E-state index is 0.0213. The Hall–Kier alpha value is -3.20. The van der Waals surface area contributed by atoms with E-state index in [1.54, 1.807) is 12.1 Å². The number of nitrogens with one attached hydrogen (secondary N) is 1. The minimum Gasteiger partial charge on any atom is -0.340 e. The number of carbonyl (C=O) groups is 1. The monoisotopic (exact) mass is 407 g/mol. The fourth-order valence-corrected chi connectivity index (χ4v) is 4.64. The van der Waals surface area contributed by atoms with Gasteiger partial charge in [0.2, 0.25) is 5.95 Å². The number of rotatable bonds is 4. The zero-order valence-corrected chi connectivity index (χ0v) is 16.8. The third-order valence-electron chi connectivity index (χ3n) is 5.93. The predicted octanol–water partition coefficient (Wildman–Crippen LogP) is 1.72. The van der Waals surface area contributed by atoms with Crippen LogP contribution in [0.3, 0.4) is 0 Å². The van der Waals surface area contributed by atoms with E-state index < -0.39 is 11.9 Å². The van der Waals surface area contributed by atoms with Crippen molar-refractivity contribution in [2.24, 2.45) is 11.8 Å². The van der Waals surface area contributed by atoms with Gasteiger partial charge in [-0.1, -0.05) is 6.07 Å². The highest BCUT2D eigenvalue weighted by molar-refractivity contribution is 6.03.